The molecule has 0 saturated heterocycles. The lowest BCUT2D eigenvalue weighted by atomic mass is 10.1. The predicted molar refractivity (Wildman–Crippen MR) is 50.2 cm³/mol. The van der Waals surface area contributed by atoms with E-state index in [1.54, 1.807) is 0 Å². The van der Waals surface area contributed by atoms with Crippen LogP contribution in [0, 0.1) is 0 Å². The van der Waals surface area contributed by atoms with Gasteiger partial charge in [0.25, 0.3) is 0 Å². The van der Waals surface area contributed by atoms with Crippen molar-refractivity contribution in [3.63, 3.8) is 0 Å². The van der Waals surface area contributed by atoms with E-state index in [4.69, 9.17) is 10.3 Å². The Morgan fingerprint density at radius 3 is 2.31 bits per heavy atom. The Hall–Kier alpha value is -1.06. The molecule has 0 radical (unpaired) electrons. The van der Waals surface area contributed by atoms with Crippen LogP contribution in [0.3, 0.4) is 0 Å². The number of aliphatic carboxylic acids is 1. The summed E-state index contributed by atoms with van der Waals surface area (Å²) in [6.07, 6.45) is 5.61. The van der Waals surface area contributed by atoms with Gasteiger partial charge in [-0.2, -0.15) is 0 Å². The molecule has 0 unspecified atom stereocenters. The number of rotatable bonds is 7. The Kier molecular flexibility index (Phi) is 6.96. The van der Waals surface area contributed by atoms with Crippen LogP contribution < -0.4 is 0 Å². The van der Waals surface area contributed by atoms with Crippen LogP contribution in [-0.2, 0) is 4.79 Å². The lowest BCUT2D eigenvalue weighted by Crippen LogP contribution is -2.12. The maximum Gasteiger partial charge on any atom is 0.353 e. The second-order valence-corrected chi connectivity index (χ2v) is 3.02. The zero-order chi connectivity index (χ0) is 10.1. The molecule has 0 spiro atoms. The molecule has 0 fully saturated rings. The summed E-state index contributed by atoms with van der Waals surface area (Å²) in [5.41, 5.74) is -0.142. The fourth-order valence-electron chi connectivity index (χ4n) is 1.10. The van der Waals surface area contributed by atoms with Crippen molar-refractivity contribution in [2.45, 2.75) is 45.4 Å². The summed E-state index contributed by atoms with van der Waals surface area (Å²) in [7, 11) is 0. The Bertz CT molecular complexity index is 178. The highest BCUT2D eigenvalue weighted by Crippen LogP contribution is 2.05. The van der Waals surface area contributed by atoms with E-state index >= 15 is 0 Å². The van der Waals surface area contributed by atoms with Gasteiger partial charge < -0.3 is 10.3 Å². The van der Waals surface area contributed by atoms with Gasteiger partial charge in [0, 0.05) is 6.42 Å². The van der Waals surface area contributed by atoms with E-state index in [9.17, 15) is 4.79 Å². The Labute approximate surface area is 78.3 Å². The third kappa shape index (κ3) is 6.13. The number of oxime groups is 1. The van der Waals surface area contributed by atoms with E-state index in [0.717, 1.165) is 19.3 Å². The van der Waals surface area contributed by atoms with Crippen LogP contribution in [-0.4, -0.2) is 22.0 Å². The van der Waals surface area contributed by atoms with Gasteiger partial charge in [-0.3, -0.25) is 0 Å². The van der Waals surface area contributed by atoms with E-state index in [2.05, 4.69) is 12.1 Å². The summed E-state index contributed by atoms with van der Waals surface area (Å²) in [5.74, 6) is -1.13. The Morgan fingerprint density at radius 1 is 1.23 bits per heavy atom. The number of carboxylic acid groups (broad SMARTS) is 1. The van der Waals surface area contributed by atoms with Crippen LogP contribution >= 0.6 is 0 Å². The molecule has 0 bridgehead atoms. The van der Waals surface area contributed by atoms with Gasteiger partial charge in [-0.25, -0.2) is 4.79 Å². The van der Waals surface area contributed by atoms with Crippen LogP contribution in [0.25, 0.3) is 0 Å². The van der Waals surface area contributed by atoms with Gasteiger partial charge in [-0.1, -0.05) is 37.8 Å². The van der Waals surface area contributed by atoms with Crippen LogP contribution in [0.5, 0.6) is 0 Å². The van der Waals surface area contributed by atoms with Crippen molar-refractivity contribution in [1.82, 2.24) is 0 Å². The van der Waals surface area contributed by atoms with Crippen molar-refractivity contribution < 1.29 is 15.1 Å². The molecule has 0 atom stereocenters. The second-order valence-electron chi connectivity index (χ2n) is 3.02. The molecule has 0 heterocycles. The Balaban J connectivity index is 3.46. The average Bonchev–Trinajstić information content (AvgIpc) is 2.10. The number of hydrogen-bond donors (Lipinski definition) is 2. The molecule has 0 rings (SSSR count). The van der Waals surface area contributed by atoms with Crippen LogP contribution in [0.15, 0.2) is 5.16 Å². The molecule has 0 aromatic carbocycles. The van der Waals surface area contributed by atoms with Crippen molar-refractivity contribution in [3.05, 3.63) is 0 Å². The number of hydrogen-bond acceptors (Lipinski definition) is 3. The molecule has 0 saturated carbocycles. The van der Waals surface area contributed by atoms with Crippen molar-refractivity contribution in [2.24, 2.45) is 5.16 Å². The number of carboxylic acids is 1. The quantitative estimate of drug-likeness (QED) is 0.278. The summed E-state index contributed by atoms with van der Waals surface area (Å²) in [5, 5.41) is 19.5. The Morgan fingerprint density at radius 2 is 1.85 bits per heavy atom. The third-order valence-corrected chi connectivity index (χ3v) is 1.88. The molecule has 76 valence electrons. The molecule has 0 aliphatic carbocycles. The number of nitrogens with zero attached hydrogens (tertiary/aromatic N) is 1. The van der Waals surface area contributed by atoms with Crippen molar-refractivity contribution in [3.8, 4) is 0 Å². The summed E-state index contributed by atoms with van der Waals surface area (Å²) in [6, 6.07) is 0. The molecule has 0 amide bonds. The molecule has 4 nitrogen and oxygen atoms in total. The largest absolute Gasteiger partial charge is 0.477 e. The zero-order valence-corrected chi connectivity index (χ0v) is 7.99. The van der Waals surface area contributed by atoms with E-state index in [-0.39, 0.29) is 5.71 Å². The normalized spacial score (nSPS) is 11.6. The lowest BCUT2D eigenvalue weighted by molar-refractivity contribution is -0.129. The summed E-state index contributed by atoms with van der Waals surface area (Å²) >= 11 is 0. The predicted octanol–water partition coefficient (Wildman–Crippen LogP) is 2.26. The van der Waals surface area contributed by atoms with E-state index in [1.165, 1.54) is 12.8 Å². The monoisotopic (exact) mass is 187 g/mol. The highest BCUT2D eigenvalue weighted by molar-refractivity contribution is 6.35. The smallest absolute Gasteiger partial charge is 0.353 e. The van der Waals surface area contributed by atoms with Crippen LogP contribution in [0.1, 0.15) is 45.4 Å². The minimum absolute atomic E-state index is 0.142. The molecule has 0 aromatic rings. The van der Waals surface area contributed by atoms with Crippen molar-refractivity contribution in [1.29, 1.82) is 0 Å². The van der Waals surface area contributed by atoms with Gasteiger partial charge in [0.15, 0.2) is 5.71 Å². The van der Waals surface area contributed by atoms with Crippen molar-refractivity contribution in [2.75, 3.05) is 0 Å². The maximum atomic E-state index is 10.4. The minimum Gasteiger partial charge on any atom is -0.477 e. The first kappa shape index (κ1) is 11.9. The number of unbranched alkanes of at least 4 members (excludes halogenated alkanes) is 4. The molecule has 0 aliphatic rings. The molecule has 4 heteroatoms. The molecular formula is C9H17NO3. The number of carbonyl (C=O) groups is 1. The average molecular weight is 187 g/mol. The van der Waals surface area contributed by atoms with Gasteiger partial charge in [-0.05, 0) is 6.42 Å². The summed E-state index contributed by atoms with van der Waals surface area (Å²) in [6.45, 7) is 2.12. The third-order valence-electron chi connectivity index (χ3n) is 1.88. The SMILES string of the molecule is CCCCCCCC(=NO)C(=O)O. The first-order valence-corrected chi connectivity index (χ1v) is 4.66. The first-order valence-electron chi connectivity index (χ1n) is 4.66. The molecule has 0 aliphatic heterocycles. The van der Waals surface area contributed by atoms with E-state index in [1.807, 2.05) is 0 Å². The fourth-order valence-corrected chi connectivity index (χ4v) is 1.10. The second kappa shape index (κ2) is 7.58. The minimum atomic E-state index is -1.13. The van der Waals surface area contributed by atoms with E-state index in [0.29, 0.717) is 6.42 Å². The van der Waals surface area contributed by atoms with Gasteiger partial charge in [0.2, 0.25) is 0 Å². The maximum absolute atomic E-state index is 10.4. The summed E-state index contributed by atoms with van der Waals surface area (Å²) < 4.78 is 0. The highest BCUT2D eigenvalue weighted by Gasteiger charge is 2.08. The molecule has 2 N–H and O–H groups in total. The van der Waals surface area contributed by atoms with Gasteiger partial charge >= 0.3 is 5.97 Å². The standard InChI is InChI=1S/C9H17NO3/c1-2-3-4-5-6-7-8(10-13)9(11)12/h13H,2-7H2,1H3,(H,11,12). The van der Waals surface area contributed by atoms with Gasteiger partial charge in [0.1, 0.15) is 0 Å². The zero-order valence-electron chi connectivity index (χ0n) is 7.99. The molecule has 13 heavy (non-hydrogen) atoms. The molecular weight excluding hydrogens is 170 g/mol. The van der Waals surface area contributed by atoms with Crippen LogP contribution in [0.2, 0.25) is 0 Å². The van der Waals surface area contributed by atoms with Crippen LogP contribution in [0.4, 0.5) is 0 Å². The highest BCUT2D eigenvalue weighted by atomic mass is 16.4. The van der Waals surface area contributed by atoms with E-state index < -0.39 is 5.97 Å². The van der Waals surface area contributed by atoms with Gasteiger partial charge in [-0.15, -0.1) is 0 Å². The first-order chi connectivity index (χ1) is 6.22. The summed E-state index contributed by atoms with van der Waals surface area (Å²) in [4.78, 5) is 10.4. The van der Waals surface area contributed by atoms with Crippen molar-refractivity contribution >= 4 is 11.7 Å². The van der Waals surface area contributed by atoms with Gasteiger partial charge in [0.05, 0.1) is 0 Å². The topological polar surface area (TPSA) is 69.9 Å². The lowest BCUT2D eigenvalue weighted by Gasteiger charge is -1.99. The molecule has 0 aromatic heterocycles. The fraction of sp³-hybridized carbons (Fsp3) is 0.778.